The van der Waals surface area contributed by atoms with Crippen LogP contribution in [0, 0.1) is 30.6 Å². The molecule has 0 bridgehead atoms. The quantitative estimate of drug-likeness (QED) is 0.140. The molecule has 2 aromatic carbocycles. The molecule has 1 heterocycles. The fraction of sp³-hybridized carbons (Fsp3) is 0.646. The highest BCUT2D eigenvalue weighted by Crippen LogP contribution is 2.30. The second-order valence-corrected chi connectivity index (χ2v) is 17.9. The molecule has 9 atom stereocenters. The summed E-state index contributed by atoms with van der Waals surface area (Å²) in [5.41, 5.74) is 2.62. The minimum absolute atomic E-state index is 0.0191. The Hall–Kier alpha value is -4.33. The average molecular weight is 849 g/mol. The van der Waals surface area contributed by atoms with E-state index in [1.165, 1.54) is 0 Å². The van der Waals surface area contributed by atoms with Crippen LogP contribution in [-0.2, 0) is 35.1 Å². The molecule has 0 saturated carbocycles. The van der Waals surface area contributed by atoms with Crippen molar-refractivity contribution in [3.05, 3.63) is 71.3 Å². The number of nitrogens with zero attached hydrogens (tertiary/aromatic N) is 3. The SMILES string of the molecule is CC[C@H](C)[C@@H]([C@@H](CC(=O)N1CCC[C@H]1[C@H](OC)[C@@H](C)C(=O)N[C@H](CNC(=O)c1ccc(C)cc1)Cc1ccccc1)OC)N(C)C(=O)[C@@H](NC(=O)[C@H](C(C)C)N(C)C)C(C)C. The fourth-order valence-electron chi connectivity index (χ4n) is 8.84. The molecule has 0 aromatic heterocycles. The summed E-state index contributed by atoms with van der Waals surface area (Å²) in [5, 5.41) is 9.23. The van der Waals surface area contributed by atoms with Crippen LogP contribution in [0.1, 0.15) is 95.6 Å². The summed E-state index contributed by atoms with van der Waals surface area (Å²) in [6.07, 6.45) is 1.42. The molecular formula is C48H76N6O7. The number of likely N-dealkylation sites (N-methyl/N-ethyl adjacent to an activating group) is 2. The highest BCUT2D eigenvalue weighted by molar-refractivity contribution is 5.94. The van der Waals surface area contributed by atoms with Crippen LogP contribution >= 0.6 is 0 Å². The Morgan fingerprint density at radius 2 is 1.48 bits per heavy atom. The van der Waals surface area contributed by atoms with Crippen molar-refractivity contribution in [3.63, 3.8) is 0 Å². The van der Waals surface area contributed by atoms with Gasteiger partial charge in [0, 0.05) is 39.9 Å². The monoisotopic (exact) mass is 849 g/mol. The number of methoxy groups -OCH3 is 2. The first kappa shape index (κ1) is 51.0. The number of rotatable bonds is 23. The maximum absolute atomic E-state index is 14.4. The molecule has 1 fully saturated rings. The Kier molecular flexibility index (Phi) is 20.4. The number of benzene rings is 2. The molecule has 61 heavy (non-hydrogen) atoms. The number of hydrogen-bond acceptors (Lipinski definition) is 8. The van der Waals surface area contributed by atoms with Crippen molar-refractivity contribution in [1.82, 2.24) is 30.7 Å². The first-order valence-corrected chi connectivity index (χ1v) is 22.1. The van der Waals surface area contributed by atoms with Crippen molar-refractivity contribution in [1.29, 1.82) is 0 Å². The van der Waals surface area contributed by atoms with Crippen LogP contribution in [0.15, 0.2) is 54.6 Å². The molecule has 340 valence electrons. The Labute approximate surface area is 366 Å². The van der Waals surface area contributed by atoms with Gasteiger partial charge in [-0.3, -0.25) is 28.9 Å². The molecule has 1 aliphatic rings. The van der Waals surface area contributed by atoms with Gasteiger partial charge in [-0.15, -0.1) is 0 Å². The molecule has 3 N–H and O–H groups in total. The zero-order valence-electron chi connectivity index (χ0n) is 39.2. The van der Waals surface area contributed by atoms with Gasteiger partial charge in [-0.1, -0.05) is 103 Å². The lowest BCUT2D eigenvalue weighted by molar-refractivity contribution is -0.148. The number of hydrogen-bond donors (Lipinski definition) is 3. The van der Waals surface area contributed by atoms with Gasteiger partial charge >= 0.3 is 0 Å². The van der Waals surface area contributed by atoms with E-state index in [9.17, 15) is 24.0 Å². The second kappa shape index (κ2) is 24.3. The van der Waals surface area contributed by atoms with Gasteiger partial charge in [0.2, 0.25) is 23.6 Å². The third-order valence-electron chi connectivity index (χ3n) is 12.4. The summed E-state index contributed by atoms with van der Waals surface area (Å²) in [4.78, 5) is 74.7. The molecule has 1 saturated heterocycles. The fourth-order valence-corrected chi connectivity index (χ4v) is 8.84. The first-order valence-electron chi connectivity index (χ1n) is 22.1. The largest absolute Gasteiger partial charge is 0.379 e. The van der Waals surface area contributed by atoms with Crippen molar-refractivity contribution in [2.24, 2.45) is 23.7 Å². The van der Waals surface area contributed by atoms with Crippen LogP contribution < -0.4 is 16.0 Å². The molecule has 2 aromatic rings. The summed E-state index contributed by atoms with van der Waals surface area (Å²) in [5.74, 6) is -1.84. The van der Waals surface area contributed by atoms with Gasteiger partial charge < -0.3 is 35.2 Å². The molecular weight excluding hydrogens is 773 g/mol. The summed E-state index contributed by atoms with van der Waals surface area (Å²) in [7, 11) is 8.59. The van der Waals surface area contributed by atoms with Crippen molar-refractivity contribution in [2.75, 3.05) is 48.5 Å². The van der Waals surface area contributed by atoms with Crippen molar-refractivity contribution < 1.29 is 33.4 Å². The third kappa shape index (κ3) is 14.1. The van der Waals surface area contributed by atoms with Gasteiger partial charge in [0.25, 0.3) is 5.91 Å². The maximum atomic E-state index is 14.4. The Balaban J connectivity index is 1.78. The van der Waals surface area contributed by atoms with Gasteiger partial charge in [-0.2, -0.15) is 0 Å². The van der Waals surface area contributed by atoms with Crippen LogP contribution in [0.4, 0.5) is 0 Å². The lowest BCUT2D eigenvalue weighted by Crippen LogP contribution is -2.59. The number of aryl methyl sites for hydroxylation is 1. The highest BCUT2D eigenvalue weighted by atomic mass is 16.5. The Bertz CT molecular complexity index is 1700. The predicted octanol–water partition coefficient (Wildman–Crippen LogP) is 5.10. The zero-order chi connectivity index (χ0) is 45.6. The summed E-state index contributed by atoms with van der Waals surface area (Å²) in [6, 6.07) is 14.8. The van der Waals surface area contributed by atoms with Crippen LogP contribution in [0.5, 0.6) is 0 Å². The average Bonchev–Trinajstić information content (AvgIpc) is 3.71. The van der Waals surface area contributed by atoms with Gasteiger partial charge in [-0.05, 0) is 75.7 Å². The van der Waals surface area contributed by atoms with Crippen molar-refractivity contribution in [3.8, 4) is 0 Å². The normalized spacial score (nSPS) is 18.2. The summed E-state index contributed by atoms with van der Waals surface area (Å²) >= 11 is 0. The van der Waals surface area contributed by atoms with Gasteiger partial charge in [0.15, 0.2) is 0 Å². The molecule has 1 aliphatic heterocycles. The maximum Gasteiger partial charge on any atom is 0.251 e. The molecule has 13 heteroatoms. The standard InChI is InChI=1S/C48H76N6O7/c1-14-33(7)43(53(11)48(59)41(30(2)3)51-47(58)42(31(4)5)52(9)10)39(60-12)28-40(55)54-26-18-21-38(54)44(61-13)34(8)45(56)50-37(27-35-19-16-15-17-20-35)29-49-46(57)36-24-22-32(6)23-25-36/h15-17,19-20,22-25,30-31,33-34,37-39,41-44H,14,18,21,26-29H2,1-13H3,(H,49,57)(H,50,56)(H,51,58)/t33-,34+,37-,38-,39+,41-,42-,43-,44+/m0/s1. The topological polar surface area (TPSA) is 150 Å². The third-order valence-corrected chi connectivity index (χ3v) is 12.4. The number of likely N-dealkylation sites (tertiary alicyclic amines) is 1. The number of amides is 5. The molecule has 13 nitrogen and oxygen atoms in total. The van der Waals surface area contributed by atoms with E-state index < -0.39 is 42.3 Å². The van der Waals surface area contributed by atoms with E-state index >= 15 is 0 Å². The van der Waals surface area contributed by atoms with Crippen molar-refractivity contribution in [2.45, 2.75) is 130 Å². The van der Waals surface area contributed by atoms with E-state index in [0.717, 1.165) is 24.0 Å². The Morgan fingerprint density at radius 3 is 2.02 bits per heavy atom. The van der Waals surface area contributed by atoms with E-state index in [0.29, 0.717) is 24.9 Å². The van der Waals surface area contributed by atoms with E-state index in [1.807, 2.05) is 122 Å². The molecule has 0 unspecified atom stereocenters. The predicted molar refractivity (Wildman–Crippen MR) is 241 cm³/mol. The number of carbonyl (C=O) groups is 5. The van der Waals surface area contributed by atoms with Gasteiger partial charge in [-0.25, -0.2) is 0 Å². The van der Waals surface area contributed by atoms with Crippen LogP contribution in [0.3, 0.4) is 0 Å². The number of carbonyl (C=O) groups excluding carboxylic acids is 5. The Morgan fingerprint density at radius 1 is 0.836 bits per heavy atom. The van der Waals surface area contributed by atoms with Crippen molar-refractivity contribution >= 4 is 29.5 Å². The van der Waals surface area contributed by atoms with Crippen LogP contribution in [-0.4, -0.2) is 135 Å². The lowest BCUT2D eigenvalue weighted by atomic mass is 9.89. The highest BCUT2D eigenvalue weighted by Gasteiger charge is 2.43. The summed E-state index contributed by atoms with van der Waals surface area (Å²) in [6.45, 7) is 16.4. The van der Waals surface area contributed by atoms with E-state index in [-0.39, 0.29) is 66.3 Å². The summed E-state index contributed by atoms with van der Waals surface area (Å²) < 4.78 is 12.1. The van der Waals surface area contributed by atoms with E-state index in [1.54, 1.807) is 38.3 Å². The molecule has 0 spiro atoms. The molecule has 3 rings (SSSR count). The zero-order valence-corrected chi connectivity index (χ0v) is 39.2. The first-order chi connectivity index (χ1) is 28.9. The second-order valence-electron chi connectivity index (χ2n) is 17.9. The van der Waals surface area contributed by atoms with Gasteiger partial charge in [0.05, 0.1) is 48.7 Å². The lowest BCUT2D eigenvalue weighted by Gasteiger charge is -2.41. The van der Waals surface area contributed by atoms with Crippen LogP contribution in [0.25, 0.3) is 0 Å². The molecule has 0 radical (unpaired) electrons. The minimum Gasteiger partial charge on any atom is -0.379 e. The van der Waals surface area contributed by atoms with Gasteiger partial charge in [0.1, 0.15) is 6.04 Å². The smallest absolute Gasteiger partial charge is 0.251 e. The van der Waals surface area contributed by atoms with E-state index in [2.05, 4.69) is 16.0 Å². The van der Waals surface area contributed by atoms with E-state index in [4.69, 9.17) is 9.47 Å². The molecule has 5 amide bonds. The minimum atomic E-state index is -0.770. The number of nitrogens with one attached hydrogen (secondary N) is 3. The molecule has 0 aliphatic carbocycles. The van der Waals surface area contributed by atoms with Crippen LogP contribution in [0.2, 0.25) is 0 Å². The number of ether oxygens (including phenoxy) is 2.